The van der Waals surface area contributed by atoms with Gasteiger partial charge >= 0.3 is 5.69 Å². The molecule has 2 aromatic rings. The van der Waals surface area contributed by atoms with E-state index in [0.717, 1.165) is 19.3 Å². The molecule has 6 heteroatoms. The summed E-state index contributed by atoms with van der Waals surface area (Å²) in [6, 6.07) is 0.513. The van der Waals surface area contributed by atoms with Gasteiger partial charge in [-0.2, -0.15) is 0 Å². The van der Waals surface area contributed by atoms with Gasteiger partial charge in [-0.15, -0.1) is 5.10 Å². The van der Waals surface area contributed by atoms with E-state index in [4.69, 9.17) is 0 Å². The van der Waals surface area contributed by atoms with Crippen molar-refractivity contribution in [1.82, 2.24) is 24.5 Å². The first-order valence-electron chi connectivity index (χ1n) is 6.32. The molecule has 1 N–H and O–H groups in total. The Morgan fingerprint density at radius 3 is 3.00 bits per heavy atom. The maximum Gasteiger partial charge on any atom is 0.350 e. The van der Waals surface area contributed by atoms with Gasteiger partial charge in [0, 0.05) is 25.0 Å². The van der Waals surface area contributed by atoms with Gasteiger partial charge < -0.3 is 5.32 Å². The van der Waals surface area contributed by atoms with Crippen molar-refractivity contribution in [2.45, 2.75) is 38.8 Å². The molecule has 2 rings (SSSR count). The average molecular weight is 249 g/mol. The van der Waals surface area contributed by atoms with E-state index in [2.05, 4.69) is 22.3 Å². The second-order valence-corrected chi connectivity index (χ2v) is 4.35. The largest absolute Gasteiger partial charge is 0.350 e. The molecule has 1 unspecified atom stereocenters. The van der Waals surface area contributed by atoms with Crippen LogP contribution in [-0.2, 0) is 6.54 Å². The lowest BCUT2D eigenvalue weighted by Crippen LogP contribution is -2.26. The van der Waals surface area contributed by atoms with Crippen LogP contribution < -0.4 is 11.0 Å². The van der Waals surface area contributed by atoms with Gasteiger partial charge in [0.1, 0.15) is 0 Å². The maximum atomic E-state index is 12.0. The second-order valence-electron chi connectivity index (χ2n) is 4.35. The zero-order valence-electron chi connectivity index (χ0n) is 10.8. The Morgan fingerprint density at radius 1 is 1.50 bits per heavy atom. The van der Waals surface area contributed by atoms with Crippen LogP contribution >= 0.6 is 0 Å². The van der Waals surface area contributed by atoms with Gasteiger partial charge in [0.05, 0.1) is 6.20 Å². The minimum Gasteiger partial charge on any atom is -0.317 e. The number of nitrogens with zero attached hydrogens (tertiary/aromatic N) is 4. The van der Waals surface area contributed by atoms with Gasteiger partial charge in [-0.3, -0.25) is 4.98 Å². The van der Waals surface area contributed by atoms with Gasteiger partial charge in [0.2, 0.25) is 0 Å². The number of rotatable bonds is 6. The van der Waals surface area contributed by atoms with E-state index in [9.17, 15) is 4.79 Å². The third-order valence-corrected chi connectivity index (χ3v) is 3.21. The average Bonchev–Trinajstić information content (AvgIpc) is 2.72. The zero-order valence-corrected chi connectivity index (χ0v) is 10.8. The zero-order chi connectivity index (χ0) is 13.0. The second kappa shape index (κ2) is 5.77. The van der Waals surface area contributed by atoms with Crippen LogP contribution in [0.1, 0.15) is 26.2 Å². The number of fused-ring (bicyclic) bond motifs is 1. The molecule has 0 saturated heterocycles. The van der Waals surface area contributed by atoms with Crippen LogP contribution in [0, 0.1) is 0 Å². The number of aryl methyl sites for hydroxylation is 1. The molecule has 0 saturated carbocycles. The van der Waals surface area contributed by atoms with Gasteiger partial charge in [-0.25, -0.2) is 13.9 Å². The summed E-state index contributed by atoms with van der Waals surface area (Å²) in [6.45, 7) is 2.81. The molecule has 2 aromatic heterocycles. The van der Waals surface area contributed by atoms with Crippen molar-refractivity contribution >= 4 is 5.65 Å². The summed E-state index contributed by atoms with van der Waals surface area (Å²) in [6.07, 6.45) is 7.92. The van der Waals surface area contributed by atoms with E-state index >= 15 is 0 Å². The summed E-state index contributed by atoms with van der Waals surface area (Å²) in [5.41, 5.74) is 0.507. The summed E-state index contributed by atoms with van der Waals surface area (Å²) in [4.78, 5) is 15.9. The van der Waals surface area contributed by atoms with Crippen molar-refractivity contribution in [1.29, 1.82) is 0 Å². The molecule has 0 bridgehead atoms. The molecule has 0 aliphatic carbocycles. The molecule has 0 amide bonds. The first kappa shape index (κ1) is 12.8. The number of hydrogen-bond acceptors (Lipinski definition) is 4. The molecule has 0 aliphatic rings. The van der Waals surface area contributed by atoms with Crippen LogP contribution in [0.5, 0.6) is 0 Å². The number of hydrogen-bond donors (Lipinski definition) is 1. The third kappa shape index (κ3) is 2.59. The normalized spacial score (nSPS) is 13.0. The summed E-state index contributed by atoms with van der Waals surface area (Å²) < 4.78 is 3.03. The van der Waals surface area contributed by atoms with Crippen molar-refractivity contribution in [2.24, 2.45) is 0 Å². The highest BCUT2D eigenvalue weighted by atomic mass is 16.2. The molecule has 0 aromatic carbocycles. The van der Waals surface area contributed by atoms with Gasteiger partial charge in [0.25, 0.3) is 0 Å². The molecule has 1 atom stereocenters. The van der Waals surface area contributed by atoms with Crippen LogP contribution in [0.15, 0.2) is 23.4 Å². The van der Waals surface area contributed by atoms with Gasteiger partial charge in [-0.05, 0) is 26.3 Å². The first-order valence-corrected chi connectivity index (χ1v) is 6.32. The predicted molar refractivity (Wildman–Crippen MR) is 69.6 cm³/mol. The molecule has 0 spiro atoms. The third-order valence-electron chi connectivity index (χ3n) is 3.21. The summed E-state index contributed by atoms with van der Waals surface area (Å²) in [5, 5.41) is 7.50. The van der Waals surface area contributed by atoms with Crippen molar-refractivity contribution < 1.29 is 0 Å². The first-order chi connectivity index (χ1) is 8.76. The molecule has 0 aliphatic heterocycles. The molecule has 0 radical (unpaired) electrons. The van der Waals surface area contributed by atoms with Crippen LogP contribution in [0.4, 0.5) is 0 Å². The fourth-order valence-corrected chi connectivity index (χ4v) is 2.07. The van der Waals surface area contributed by atoms with Crippen LogP contribution in [0.3, 0.4) is 0 Å². The highest BCUT2D eigenvalue weighted by Gasteiger charge is 2.07. The van der Waals surface area contributed by atoms with E-state index in [1.807, 2.05) is 7.05 Å². The molecule has 6 nitrogen and oxygen atoms in total. The van der Waals surface area contributed by atoms with E-state index in [0.29, 0.717) is 18.2 Å². The van der Waals surface area contributed by atoms with Crippen LogP contribution in [0.2, 0.25) is 0 Å². The Balaban J connectivity index is 2.04. The highest BCUT2D eigenvalue weighted by molar-refractivity contribution is 5.31. The van der Waals surface area contributed by atoms with Gasteiger partial charge in [0.15, 0.2) is 5.65 Å². The summed E-state index contributed by atoms with van der Waals surface area (Å²) in [7, 11) is 1.97. The molecular weight excluding hydrogens is 230 g/mol. The minimum absolute atomic E-state index is 0.0927. The molecule has 0 fully saturated rings. The van der Waals surface area contributed by atoms with Gasteiger partial charge in [-0.1, -0.05) is 6.92 Å². The Labute approximate surface area is 106 Å². The SMILES string of the molecule is CCC(CCCn1nc2cnccn2c1=O)NC. The predicted octanol–water partition coefficient (Wildman–Crippen LogP) is 0.669. The lowest BCUT2D eigenvalue weighted by atomic mass is 10.1. The molecule has 2 heterocycles. The van der Waals surface area contributed by atoms with Crippen LogP contribution in [0.25, 0.3) is 5.65 Å². The van der Waals surface area contributed by atoms with E-state index in [1.165, 1.54) is 9.08 Å². The molecule has 98 valence electrons. The Bertz CT molecular complexity index is 555. The Hall–Kier alpha value is -1.69. The monoisotopic (exact) mass is 249 g/mol. The smallest absolute Gasteiger partial charge is 0.317 e. The van der Waals surface area contributed by atoms with Crippen molar-refractivity contribution in [2.75, 3.05) is 7.05 Å². The van der Waals surface area contributed by atoms with E-state index in [1.54, 1.807) is 18.6 Å². The van der Waals surface area contributed by atoms with E-state index < -0.39 is 0 Å². The van der Waals surface area contributed by atoms with Crippen molar-refractivity contribution in [3.63, 3.8) is 0 Å². The minimum atomic E-state index is -0.0927. The number of aromatic nitrogens is 4. The number of nitrogens with one attached hydrogen (secondary N) is 1. The Kier molecular flexibility index (Phi) is 4.09. The quantitative estimate of drug-likeness (QED) is 0.817. The highest BCUT2D eigenvalue weighted by Crippen LogP contribution is 2.02. The molecule has 18 heavy (non-hydrogen) atoms. The fraction of sp³-hybridized carbons (Fsp3) is 0.583. The fourth-order valence-electron chi connectivity index (χ4n) is 2.07. The summed E-state index contributed by atoms with van der Waals surface area (Å²) >= 11 is 0. The summed E-state index contributed by atoms with van der Waals surface area (Å²) in [5.74, 6) is 0. The standard InChI is InChI=1S/C12H19N5O/c1-3-10(13-2)5-4-7-17-12(18)16-8-6-14-9-11(16)15-17/h6,8-10,13H,3-5,7H2,1-2H3. The van der Waals surface area contributed by atoms with Crippen LogP contribution in [-0.4, -0.2) is 32.3 Å². The Morgan fingerprint density at radius 2 is 2.33 bits per heavy atom. The maximum absolute atomic E-state index is 12.0. The topological polar surface area (TPSA) is 64.2 Å². The lowest BCUT2D eigenvalue weighted by molar-refractivity contribution is 0.452. The van der Waals surface area contributed by atoms with Crippen molar-refractivity contribution in [3.8, 4) is 0 Å². The lowest BCUT2D eigenvalue weighted by Gasteiger charge is -2.12. The van der Waals surface area contributed by atoms with Crippen molar-refractivity contribution in [3.05, 3.63) is 29.1 Å². The van der Waals surface area contributed by atoms with E-state index in [-0.39, 0.29) is 5.69 Å². The molecular formula is C12H19N5O.